The average Bonchev–Trinajstić information content (AvgIpc) is 3.52. The first-order valence-electron chi connectivity index (χ1n) is 12.6. The van der Waals surface area contributed by atoms with Gasteiger partial charge in [-0.2, -0.15) is 14.0 Å². The van der Waals surface area contributed by atoms with Crippen molar-refractivity contribution in [2.45, 2.75) is 24.7 Å². The van der Waals surface area contributed by atoms with Gasteiger partial charge in [0.05, 0.1) is 18.2 Å². The summed E-state index contributed by atoms with van der Waals surface area (Å²) in [6.45, 7) is -0.674. The molecule has 12 heteroatoms. The number of halogens is 4. The van der Waals surface area contributed by atoms with Gasteiger partial charge in [0, 0.05) is 29.0 Å². The SMILES string of the molecule is N#Cc1cccc(COc2ccc(C#Cc3ccc(C(F)(F)C(O)(Cn4cnnn4)c4ccc(F)cc4F)nc3)cc2)c1. The fraction of sp³-hybridized carbons (Fsp3) is 0.129. The number of rotatable bonds is 8. The Labute approximate surface area is 242 Å². The highest BCUT2D eigenvalue weighted by Gasteiger charge is 2.58. The molecule has 0 saturated carbocycles. The quantitative estimate of drug-likeness (QED) is 0.205. The van der Waals surface area contributed by atoms with Crippen molar-refractivity contribution < 1.29 is 27.4 Å². The summed E-state index contributed by atoms with van der Waals surface area (Å²) in [5, 5.41) is 30.5. The van der Waals surface area contributed by atoms with Crippen LogP contribution in [0, 0.1) is 34.8 Å². The van der Waals surface area contributed by atoms with Gasteiger partial charge in [0.15, 0.2) is 5.60 Å². The number of nitriles is 1. The number of hydrogen-bond acceptors (Lipinski definition) is 7. The summed E-state index contributed by atoms with van der Waals surface area (Å²) in [6, 6.07) is 20.2. The third-order valence-corrected chi connectivity index (χ3v) is 6.43. The van der Waals surface area contributed by atoms with Crippen molar-refractivity contribution in [2.75, 3.05) is 0 Å². The summed E-state index contributed by atoms with van der Waals surface area (Å²) in [4.78, 5) is 3.80. The largest absolute Gasteiger partial charge is 0.489 e. The molecule has 0 aliphatic carbocycles. The lowest BCUT2D eigenvalue weighted by Crippen LogP contribution is -2.48. The van der Waals surface area contributed by atoms with Crippen molar-refractivity contribution in [3.8, 4) is 23.7 Å². The fourth-order valence-electron chi connectivity index (χ4n) is 4.21. The molecule has 0 spiro atoms. The number of alkyl halides is 2. The molecule has 0 fully saturated rings. The van der Waals surface area contributed by atoms with E-state index in [1.165, 1.54) is 6.07 Å². The van der Waals surface area contributed by atoms with E-state index >= 15 is 8.78 Å². The molecule has 214 valence electrons. The standard InChI is InChI=1S/C31H20F4N6O2/c32-25-9-12-27(28(33)15-25)30(42,19-41-20-38-39-40-41)31(34,35)29-13-8-22(17-37-29)5-4-21-6-10-26(11-7-21)43-18-24-3-1-2-23(14-24)16-36/h1-3,6-15,17,20,42H,18-19H2. The Morgan fingerprint density at radius 3 is 2.35 bits per heavy atom. The van der Waals surface area contributed by atoms with Crippen molar-refractivity contribution in [2.24, 2.45) is 0 Å². The van der Waals surface area contributed by atoms with E-state index in [4.69, 9.17) is 10.00 Å². The summed E-state index contributed by atoms with van der Waals surface area (Å²) < 4.78 is 66.5. The molecule has 0 radical (unpaired) electrons. The minimum absolute atomic E-state index is 0.280. The van der Waals surface area contributed by atoms with Crippen LogP contribution in [-0.4, -0.2) is 30.3 Å². The molecule has 0 bridgehead atoms. The van der Waals surface area contributed by atoms with E-state index in [-0.39, 0.29) is 6.61 Å². The molecular weight excluding hydrogens is 564 g/mol. The predicted molar refractivity (Wildman–Crippen MR) is 144 cm³/mol. The van der Waals surface area contributed by atoms with Crippen LogP contribution in [0.4, 0.5) is 17.6 Å². The molecule has 5 rings (SSSR count). The molecule has 0 aliphatic rings. The van der Waals surface area contributed by atoms with Gasteiger partial charge in [0.25, 0.3) is 0 Å². The Balaban J connectivity index is 1.32. The molecule has 0 saturated heterocycles. The number of nitrogens with zero attached hydrogens (tertiary/aromatic N) is 6. The Kier molecular flexibility index (Phi) is 8.14. The van der Waals surface area contributed by atoms with Crippen LogP contribution < -0.4 is 4.74 Å². The first kappa shape index (κ1) is 28.9. The first-order chi connectivity index (χ1) is 20.7. The predicted octanol–water partition coefficient (Wildman–Crippen LogP) is 4.88. The Morgan fingerprint density at radius 2 is 1.67 bits per heavy atom. The van der Waals surface area contributed by atoms with Gasteiger partial charge in [-0.1, -0.05) is 24.0 Å². The van der Waals surface area contributed by atoms with Crippen molar-refractivity contribution in [1.82, 2.24) is 25.2 Å². The lowest BCUT2D eigenvalue weighted by molar-refractivity contribution is -0.207. The lowest BCUT2D eigenvalue weighted by atomic mass is 9.84. The topological polar surface area (TPSA) is 110 Å². The molecular formula is C31H20F4N6O2. The molecule has 3 aromatic carbocycles. The molecule has 1 unspecified atom stereocenters. The Bertz CT molecular complexity index is 1830. The molecule has 1 atom stereocenters. The molecule has 2 heterocycles. The molecule has 1 N–H and O–H groups in total. The third-order valence-electron chi connectivity index (χ3n) is 6.43. The van der Waals surface area contributed by atoms with Crippen LogP contribution in [0.3, 0.4) is 0 Å². The van der Waals surface area contributed by atoms with Crippen molar-refractivity contribution in [1.29, 1.82) is 5.26 Å². The zero-order valence-electron chi connectivity index (χ0n) is 22.1. The Morgan fingerprint density at radius 1 is 0.907 bits per heavy atom. The second kappa shape index (κ2) is 12.1. The number of aliphatic hydroxyl groups is 1. The second-order valence-electron chi connectivity index (χ2n) is 9.37. The van der Waals surface area contributed by atoms with E-state index in [1.807, 2.05) is 6.07 Å². The van der Waals surface area contributed by atoms with Crippen LogP contribution in [-0.2, 0) is 24.7 Å². The monoisotopic (exact) mass is 584 g/mol. The van der Waals surface area contributed by atoms with Gasteiger partial charge in [0.2, 0.25) is 0 Å². The molecule has 8 nitrogen and oxygen atoms in total. The maximum Gasteiger partial charge on any atom is 0.323 e. The maximum atomic E-state index is 15.9. The minimum Gasteiger partial charge on any atom is -0.489 e. The van der Waals surface area contributed by atoms with Crippen LogP contribution in [0.25, 0.3) is 0 Å². The van der Waals surface area contributed by atoms with Gasteiger partial charge in [-0.15, -0.1) is 5.10 Å². The van der Waals surface area contributed by atoms with Gasteiger partial charge in [-0.3, -0.25) is 4.98 Å². The highest BCUT2D eigenvalue weighted by molar-refractivity contribution is 5.44. The van der Waals surface area contributed by atoms with Crippen LogP contribution in [0.15, 0.2) is 91.4 Å². The second-order valence-corrected chi connectivity index (χ2v) is 9.37. The number of tetrazole rings is 1. The average molecular weight is 585 g/mol. The number of pyridine rings is 1. The summed E-state index contributed by atoms with van der Waals surface area (Å²) in [5.41, 5.74) is -2.66. The van der Waals surface area contributed by atoms with Crippen LogP contribution in [0.5, 0.6) is 5.75 Å². The van der Waals surface area contributed by atoms with Gasteiger partial charge >= 0.3 is 5.92 Å². The zero-order chi connectivity index (χ0) is 30.5. The van der Waals surface area contributed by atoms with Gasteiger partial charge < -0.3 is 9.84 Å². The van der Waals surface area contributed by atoms with E-state index in [9.17, 15) is 13.9 Å². The van der Waals surface area contributed by atoms with Crippen molar-refractivity contribution >= 4 is 0 Å². The smallest absolute Gasteiger partial charge is 0.323 e. The third kappa shape index (κ3) is 6.35. The fourth-order valence-corrected chi connectivity index (χ4v) is 4.21. The summed E-state index contributed by atoms with van der Waals surface area (Å²) in [5.74, 6) is -0.221. The summed E-state index contributed by atoms with van der Waals surface area (Å²) >= 11 is 0. The van der Waals surface area contributed by atoms with Crippen LogP contribution in [0.1, 0.15) is 33.5 Å². The number of aromatic nitrogens is 5. The highest BCUT2D eigenvalue weighted by atomic mass is 19.3. The van der Waals surface area contributed by atoms with E-state index in [2.05, 4.69) is 38.4 Å². The van der Waals surface area contributed by atoms with E-state index in [0.717, 1.165) is 41.0 Å². The first-order valence-corrected chi connectivity index (χ1v) is 12.6. The van der Waals surface area contributed by atoms with Crippen molar-refractivity contribution in [3.63, 3.8) is 0 Å². The van der Waals surface area contributed by atoms with Gasteiger partial charge in [-0.05, 0) is 76.7 Å². The Hall–Kier alpha value is -5.59. The maximum absolute atomic E-state index is 15.9. The van der Waals surface area contributed by atoms with E-state index < -0.39 is 41.0 Å². The number of ether oxygens (including phenoxy) is 1. The minimum atomic E-state index is -4.17. The highest BCUT2D eigenvalue weighted by Crippen LogP contribution is 2.46. The van der Waals surface area contributed by atoms with Crippen molar-refractivity contribution in [3.05, 3.63) is 137 Å². The summed E-state index contributed by atoms with van der Waals surface area (Å²) in [7, 11) is 0. The number of benzene rings is 3. The lowest BCUT2D eigenvalue weighted by Gasteiger charge is -2.35. The normalized spacial score (nSPS) is 12.5. The number of hydrogen-bond donors (Lipinski definition) is 1. The molecule has 0 amide bonds. The zero-order valence-corrected chi connectivity index (χ0v) is 22.1. The van der Waals surface area contributed by atoms with Gasteiger partial charge in [0.1, 0.15) is 36.0 Å². The molecule has 43 heavy (non-hydrogen) atoms. The van der Waals surface area contributed by atoms with E-state index in [1.54, 1.807) is 42.5 Å². The summed E-state index contributed by atoms with van der Waals surface area (Å²) in [6.07, 6.45) is 2.07. The van der Waals surface area contributed by atoms with Crippen LogP contribution >= 0.6 is 0 Å². The molecule has 2 aromatic heterocycles. The molecule has 0 aliphatic heterocycles. The van der Waals surface area contributed by atoms with E-state index in [0.29, 0.717) is 28.5 Å². The van der Waals surface area contributed by atoms with Crippen LogP contribution in [0.2, 0.25) is 0 Å². The van der Waals surface area contributed by atoms with Gasteiger partial charge in [-0.25, -0.2) is 13.5 Å². The molecule has 5 aromatic rings.